The molecule has 1 aliphatic heterocycles. The molecule has 4 rings (SSSR count). The standard InChI is InChI=1S/C25H28N4O2/c1-17-4-6-19(7-5-17)29(2)20-8-9-21-18(14-20)10-13-27-24(21)16-28-23-15-26-12-11-22(23)25(30)31-3/h4-9,11-12,14-15,24,27-28H,10,13,16H2,1-3H3. The number of rotatable bonds is 6. The molecule has 0 spiro atoms. The molecule has 6 nitrogen and oxygen atoms in total. The second-order valence-corrected chi connectivity index (χ2v) is 7.83. The Labute approximate surface area is 183 Å². The average molecular weight is 417 g/mol. The van der Waals surface area contributed by atoms with Gasteiger partial charge in [0.1, 0.15) is 0 Å². The molecule has 0 radical (unpaired) electrons. The van der Waals surface area contributed by atoms with Crippen LogP contribution in [0, 0.1) is 6.92 Å². The summed E-state index contributed by atoms with van der Waals surface area (Å²) in [4.78, 5) is 18.4. The first kappa shape index (κ1) is 20.9. The van der Waals surface area contributed by atoms with Gasteiger partial charge in [-0.1, -0.05) is 23.8 Å². The van der Waals surface area contributed by atoms with Gasteiger partial charge in [0, 0.05) is 37.2 Å². The molecule has 0 aliphatic carbocycles. The van der Waals surface area contributed by atoms with Gasteiger partial charge in [0.2, 0.25) is 0 Å². The Kier molecular flexibility index (Phi) is 6.18. The Hall–Kier alpha value is -3.38. The number of hydrogen-bond acceptors (Lipinski definition) is 6. The SMILES string of the molecule is COC(=O)c1ccncc1NCC1NCCc2cc(N(C)c3ccc(C)cc3)ccc21. The number of aryl methyl sites for hydroxylation is 1. The molecule has 0 amide bonds. The van der Waals surface area contributed by atoms with Crippen molar-refractivity contribution in [3.63, 3.8) is 0 Å². The van der Waals surface area contributed by atoms with Crippen molar-refractivity contribution in [2.24, 2.45) is 0 Å². The molecule has 0 saturated carbocycles. The number of esters is 1. The fraction of sp³-hybridized carbons (Fsp3) is 0.280. The highest BCUT2D eigenvalue weighted by Crippen LogP contribution is 2.31. The van der Waals surface area contributed by atoms with E-state index in [-0.39, 0.29) is 12.0 Å². The Bertz CT molecular complexity index is 1070. The molecule has 1 atom stereocenters. The molecule has 0 bridgehead atoms. The largest absolute Gasteiger partial charge is 0.465 e. The number of nitrogens with one attached hydrogen (secondary N) is 2. The molecule has 1 aliphatic rings. The number of aromatic nitrogens is 1. The van der Waals surface area contributed by atoms with Gasteiger partial charge in [0.05, 0.1) is 24.6 Å². The molecule has 0 fully saturated rings. The average Bonchev–Trinajstić information content (AvgIpc) is 2.82. The van der Waals surface area contributed by atoms with Crippen LogP contribution in [0.25, 0.3) is 0 Å². The third-order valence-corrected chi connectivity index (χ3v) is 5.82. The Balaban J connectivity index is 1.51. The van der Waals surface area contributed by atoms with Crippen LogP contribution in [-0.4, -0.2) is 38.2 Å². The number of ether oxygens (including phenoxy) is 1. The van der Waals surface area contributed by atoms with Gasteiger partial charge >= 0.3 is 5.97 Å². The highest BCUT2D eigenvalue weighted by atomic mass is 16.5. The second kappa shape index (κ2) is 9.18. The van der Waals surface area contributed by atoms with E-state index in [0.29, 0.717) is 17.8 Å². The van der Waals surface area contributed by atoms with E-state index in [1.807, 2.05) is 0 Å². The van der Waals surface area contributed by atoms with Crippen molar-refractivity contribution in [2.75, 3.05) is 37.5 Å². The quantitative estimate of drug-likeness (QED) is 0.586. The highest BCUT2D eigenvalue weighted by Gasteiger charge is 2.21. The summed E-state index contributed by atoms with van der Waals surface area (Å²) in [5.41, 5.74) is 7.40. The molecule has 1 unspecified atom stereocenters. The summed E-state index contributed by atoms with van der Waals surface area (Å²) in [5.74, 6) is -0.370. The summed E-state index contributed by atoms with van der Waals surface area (Å²) in [7, 11) is 3.49. The lowest BCUT2D eigenvalue weighted by Gasteiger charge is -2.29. The highest BCUT2D eigenvalue weighted by molar-refractivity contribution is 5.95. The lowest BCUT2D eigenvalue weighted by Crippen LogP contribution is -2.34. The minimum atomic E-state index is -0.370. The minimum Gasteiger partial charge on any atom is -0.465 e. The topological polar surface area (TPSA) is 66.5 Å². The summed E-state index contributed by atoms with van der Waals surface area (Å²) < 4.78 is 4.88. The van der Waals surface area contributed by atoms with Crippen molar-refractivity contribution in [2.45, 2.75) is 19.4 Å². The van der Waals surface area contributed by atoms with Crippen LogP contribution in [0.4, 0.5) is 17.1 Å². The van der Waals surface area contributed by atoms with E-state index in [4.69, 9.17) is 4.74 Å². The molecule has 2 aromatic carbocycles. The molecular weight excluding hydrogens is 388 g/mol. The van der Waals surface area contributed by atoms with Crippen molar-refractivity contribution in [1.82, 2.24) is 10.3 Å². The fourth-order valence-electron chi connectivity index (χ4n) is 3.98. The molecule has 2 heterocycles. The number of anilines is 3. The van der Waals surface area contributed by atoms with Crippen LogP contribution in [0.2, 0.25) is 0 Å². The van der Waals surface area contributed by atoms with Crippen LogP contribution in [0.5, 0.6) is 0 Å². The van der Waals surface area contributed by atoms with Crippen LogP contribution < -0.4 is 15.5 Å². The number of fused-ring (bicyclic) bond motifs is 1. The summed E-state index contributed by atoms with van der Waals surface area (Å²) in [6.07, 6.45) is 4.25. The van der Waals surface area contributed by atoms with Crippen LogP contribution >= 0.6 is 0 Å². The normalized spacial score (nSPS) is 15.1. The van der Waals surface area contributed by atoms with E-state index < -0.39 is 0 Å². The van der Waals surface area contributed by atoms with Crippen molar-refractivity contribution < 1.29 is 9.53 Å². The van der Waals surface area contributed by atoms with E-state index >= 15 is 0 Å². The van der Waals surface area contributed by atoms with E-state index in [1.165, 1.54) is 35.2 Å². The number of carbonyl (C=O) groups excluding carboxylic acids is 1. The van der Waals surface area contributed by atoms with E-state index in [1.54, 1.807) is 18.5 Å². The fourth-order valence-corrected chi connectivity index (χ4v) is 3.98. The van der Waals surface area contributed by atoms with E-state index in [9.17, 15) is 4.79 Å². The van der Waals surface area contributed by atoms with Gasteiger partial charge in [-0.3, -0.25) is 4.98 Å². The van der Waals surface area contributed by atoms with Crippen LogP contribution in [-0.2, 0) is 11.2 Å². The Morgan fingerprint density at radius 3 is 2.74 bits per heavy atom. The van der Waals surface area contributed by atoms with Crippen LogP contribution in [0.3, 0.4) is 0 Å². The zero-order valence-electron chi connectivity index (χ0n) is 18.2. The maximum atomic E-state index is 12.0. The maximum Gasteiger partial charge on any atom is 0.340 e. The Morgan fingerprint density at radius 2 is 1.97 bits per heavy atom. The molecule has 1 aromatic heterocycles. The predicted octanol–water partition coefficient (Wildman–Crippen LogP) is 4.24. The van der Waals surface area contributed by atoms with Crippen LogP contribution in [0.1, 0.15) is 33.1 Å². The van der Waals surface area contributed by atoms with Gasteiger partial charge in [-0.15, -0.1) is 0 Å². The van der Waals surface area contributed by atoms with Gasteiger partial charge in [-0.25, -0.2) is 4.79 Å². The summed E-state index contributed by atoms with van der Waals surface area (Å²) in [5, 5.41) is 6.95. The number of hydrogen-bond donors (Lipinski definition) is 2. The monoisotopic (exact) mass is 416 g/mol. The van der Waals surface area contributed by atoms with Crippen molar-refractivity contribution >= 4 is 23.0 Å². The van der Waals surface area contributed by atoms with Crippen molar-refractivity contribution in [3.8, 4) is 0 Å². The lowest BCUT2D eigenvalue weighted by molar-refractivity contribution is 0.0601. The number of benzene rings is 2. The van der Waals surface area contributed by atoms with Gasteiger partial charge in [0.25, 0.3) is 0 Å². The van der Waals surface area contributed by atoms with Crippen LogP contribution in [0.15, 0.2) is 60.9 Å². The molecule has 3 aromatic rings. The molecular formula is C25H28N4O2. The first-order valence-electron chi connectivity index (χ1n) is 10.5. The lowest BCUT2D eigenvalue weighted by atomic mass is 9.93. The summed E-state index contributed by atoms with van der Waals surface area (Å²) >= 11 is 0. The minimum absolute atomic E-state index is 0.146. The Morgan fingerprint density at radius 1 is 1.19 bits per heavy atom. The van der Waals surface area contributed by atoms with E-state index in [2.05, 4.69) is 77.0 Å². The number of pyridine rings is 1. The van der Waals surface area contributed by atoms with Gasteiger partial charge in [-0.05, 0) is 61.3 Å². The third kappa shape index (κ3) is 4.54. The first-order chi connectivity index (χ1) is 15.1. The number of nitrogens with zero attached hydrogens (tertiary/aromatic N) is 2. The molecule has 6 heteroatoms. The van der Waals surface area contributed by atoms with Crippen molar-refractivity contribution in [1.29, 1.82) is 0 Å². The van der Waals surface area contributed by atoms with Gasteiger partial charge in [-0.2, -0.15) is 0 Å². The van der Waals surface area contributed by atoms with Crippen molar-refractivity contribution in [3.05, 3.63) is 83.2 Å². The summed E-state index contributed by atoms with van der Waals surface area (Å²) in [6.45, 7) is 3.66. The predicted molar refractivity (Wildman–Crippen MR) is 124 cm³/mol. The molecule has 31 heavy (non-hydrogen) atoms. The zero-order chi connectivity index (χ0) is 21.8. The second-order valence-electron chi connectivity index (χ2n) is 7.83. The smallest absolute Gasteiger partial charge is 0.340 e. The maximum absolute atomic E-state index is 12.0. The molecule has 2 N–H and O–H groups in total. The van der Waals surface area contributed by atoms with E-state index in [0.717, 1.165) is 13.0 Å². The third-order valence-electron chi connectivity index (χ3n) is 5.82. The number of carbonyl (C=O) groups is 1. The number of methoxy groups -OCH3 is 1. The van der Waals surface area contributed by atoms with Gasteiger partial charge in [0.15, 0.2) is 0 Å². The summed E-state index contributed by atoms with van der Waals surface area (Å²) in [6, 6.07) is 17.0. The van der Waals surface area contributed by atoms with Gasteiger partial charge < -0.3 is 20.3 Å². The molecule has 0 saturated heterocycles. The zero-order valence-corrected chi connectivity index (χ0v) is 18.2. The molecule has 160 valence electrons. The first-order valence-corrected chi connectivity index (χ1v) is 10.5.